The molecule has 2 heterocycles. The topological polar surface area (TPSA) is 58.6 Å². The van der Waals surface area contributed by atoms with Crippen LogP contribution in [0.15, 0.2) is 21.5 Å². The first kappa shape index (κ1) is 8.65. The molecule has 2 aromatic heterocycles. The number of halogens is 2. The maximum atomic E-state index is 10.9. The first-order chi connectivity index (χ1) is 6.16. The number of hydrogen-bond donors (Lipinski definition) is 1. The van der Waals surface area contributed by atoms with Crippen molar-refractivity contribution in [2.24, 2.45) is 0 Å². The van der Waals surface area contributed by atoms with Crippen molar-refractivity contribution in [3.8, 4) is 0 Å². The van der Waals surface area contributed by atoms with Crippen LogP contribution >= 0.6 is 27.5 Å². The molecule has 0 aromatic carbocycles. The van der Waals surface area contributed by atoms with E-state index in [2.05, 4.69) is 30.9 Å². The fraction of sp³-hybridized carbons (Fsp3) is 0. The van der Waals surface area contributed by atoms with Crippen LogP contribution in [0.2, 0.25) is 5.15 Å². The molecule has 66 valence electrons. The number of rotatable bonds is 0. The Morgan fingerprint density at radius 1 is 1.54 bits per heavy atom. The highest BCUT2D eigenvalue weighted by molar-refractivity contribution is 9.10. The van der Waals surface area contributed by atoms with E-state index in [1.54, 1.807) is 12.3 Å². The van der Waals surface area contributed by atoms with Gasteiger partial charge in [-0.05, 0) is 22.0 Å². The molecule has 0 aliphatic heterocycles. The molecular weight excluding hydrogens is 257 g/mol. The smallest absolute Gasteiger partial charge is 0.294 e. The monoisotopic (exact) mass is 259 g/mol. The first-order valence-electron chi connectivity index (χ1n) is 3.38. The van der Waals surface area contributed by atoms with Crippen molar-refractivity contribution >= 4 is 38.6 Å². The normalized spacial score (nSPS) is 10.6. The van der Waals surface area contributed by atoms with Gasteiger partial charge in [0.25, 0.3) is 0 Å². The lowest BCUT2D eigenvalue weighted by Crippen LogP contribution is -2.10. The molecule has 0 bridgehead atoms. The largest absolute Gasteiger partial charge is 0.346 e. The van der Waals surface area contributed by atoms with E-state index in [9.17, 15) is 4.79 Å². The summed E-state index contributed by atoms with van der Waals surface area (Å²) < 4.78 is 0.758. The molecule has 0 aliphatic carbocycles. The van der Waals surface area contributed by atoms with Crippen LogP contribution < -0.4 is 5.69 Å². The highest BCUT2D eigenvalue weighted by Crippen LogP contribution is 2.18. The Kier molecular flexibility index (Phi) is 2.05. The summed E-state index contributed by atoms with van der Waals surface area (Å²) in [5.41, 5.74) is 0.491. The predicted octanol–water partition coefficient (Wildman–Crippen LogP) is 1.73. The number of aromatic amines is 1. The Balaban J connectivity index is 2.94. The lowest BCUT2D eigenvalue weighted by molar-refractivity contribution is 1.10. The maximum absolute atomic E-state index is 10.9. The van der Waals surface area contributed by atoms with Crippen LogP contribution in [0.4, 0.5) is 0 Å². The van der Waals surface area contributed by atoms with Crippen molar-refractivity contribution in [2.45, 2.75) is 0 Å². The van der Waals surface area contributed by atoms with Gasteiger partial charge in [-0.3, -0.25) is 9.97 Å². The van der Waals surface area contributed by atoms with Gasteiger partial charge in [0.05, 0.1) is 5.52 Å². The van der Waals surface area contributed by atoms with E-state index >= 15 is 0 Å². The van der Waals surface area contributed by atoms with Crippen molar-refractivity contribution in [2.75, 3.05) is 0 Å². The Morgan fingerprint density at radius 3 is 3.08 bits per heavy atom. The minimum atomic E-state index is -0.475. The average molecular weight is 260 g/mol. The molecule has 0 aliphatic rings. The van der Waals surface area contributed by atoms with E-state index in [1.807, 2.05) is 0 Å². The van der Waals surface area contributed by atoms with Gasteiger partial charge in [-0.2, -0.15) is 4.98 Å². The third kappa shape index (κ3) is 1.57. The van der Waals surface area contributed by atoms with Gasteiger partial charge in [-0.1, -0.05) is 11.6 Å². The summed E-state index contributed by atoms with van der Waals surface area (Å²) in [6.07, 6.45) is 1.59. The van der Waals surface area contributed by atoms with E-state index in [0.29, 0.717) is 11.0 Å². The summed E-state index contributed by atoms with van der Waals surface area (Å²) in [7, 11) is 0. The fourth-order valence-corrected chi connectivity index (χ4v) is 1.52. The summed E-state index contributed by atoms with van der Waals surface area (Å²) in [6.45, 7) is 0. The van der Waals surface area contributed by atoms with E-state index in [4.69, 9.17) is 11.6 Å². The van der Waals surface area contributed by atoms with E-state index in [-0.39, 0.29) is 5.15 Å². The van der Waals surface area contributed by atoms with Crippen LogP contribution in [-0.4, -0.2) is 15.0 Å². The van der Waals surface area contributed by atoms with Gasteiger partial charge in [0, 0.05) is 10.7 Å². The second kappa shape index (κ2) is 3.08. The molecular formula is C7H3BrClN3O. The molecule has 2 aromatic rings. The van der Waals surface area contributed by atoms with Crippen LogP contribution in [0.25, 0.3) is 11.0 Å². The van der Waals surface area contributed by atoms with E-state index < -0.39 is 5.69 Å². The maximum Gasteiger partial charge on any atom is 0.346 e. The van der Waals surface area contributed by atoms with Gasteiger partial charge in [0.2, 0.25) is 0 Å². The van der Waals surface area contributed by atoms with Gasteiger partial charge >= 0.3 is 5.69 Å². The molecule has 6 heteroatoms. The molecule has 4 nitrogen and oxygen atoms in total. The molecule has 2 rings (SSSR count). The lowest BCUT2D eigenvalue weighted by atomic mass is 10.4. The molecule has 0 unspecified atom stereocenters. The molecule has 0 atom stereocenters. The van der Waals surface area contributed by atoms with Crippen molar-refractivity contribution in [3.05, 3.63) is 32.4 Å². The standard InChI is InChI=1S/C7H3BrClN3O/c8-3-1-4-5(10-2-3)6(9)12-7(13)11-4/h1-2H,(H,11,12,13). The number of H-pyrrole nitrogens is 1. The first-order valence-corrected chi connectivity index (χ1v) is 4.55. The zero-order valence-corrected chi connectivity index (χ0v) is 8.56. The number of pyridine rings is 1. The minimum Gasteiger partial charge on any atom is -0.294 e. The molecule has 13 heavy (non-hydrogen) atoms. The molecule has 0 fully saturated rings. The quantitative estimate of drug-likeness (QED) is 0.734. The van der Waals surface area contributed by atoms with Gasteiger partial charge < -0.3 is 0 Å². The molecule has 0 radical (unpaired) electrons. The zero-order chi connectivity index (χ0) is 9.42. The van der Waals surface area contributed by atoms with Gasteiger partial charge in [-0.15, -0.1) is 0 Å². The van der Waals surface area contributed by atoms with Crippen LogP contribution in [0.3, 0.4) is 0 Å². The number of fused-ring (bicyclic) bond motifs is 1. The third-order valence-electron chi connectivity index (χ3n) is 1.48. The highest BCUT2D eigenvalue weighted by Gasteiger charge is 2.03. The number of hydrogen-bond acceptors (Lipinski definition) is 3. The van der Waals surface area contributed by atoms with Gasteiger partial charge in [0.1, 0.15) is 10.7 Å². The summed E-state index contributed by atoms with van der Waals surface area (Å²) in [5, 5.41) is 0.211. The number of nitrogens with one attached hydrogen (secondary N) is 1. The summed E-state index contributed by atoms with van der Waals surface area (Å²) in [4.78, 5) is 21.0. The number of aromatic nitrogens is 3. The SMILES string of the molecule is O=c1nc2cc(Br)cnc2c(Cl)[nH]1. The molecule has 0 saturated carbocycles. The van der Waals surface area contributed by atoms with Crippen molar-refractivity contribution < 1.29 is 0 Å². The Bertz CT molecular complexity index is 525. The Labute approximate surface area is 86.1 Å². The van der Waals surface area contributed by atoms with Crippen molar-refractivity contribution in [1.82, 2.24) is 15.0 Å². The van der Waals surface area contributed by atoms with Gasteiger partial charge in [-0.25, -0.2) is 4.79 Å². The Morgan fingerprint density at radius 2 is 2.31 bits per heavy atom. The summed E-state index contributed by atoms with van der Waals surface area (Å²) >= 11 is 8.96. The molecule has 0 amide bonds. The highest BCUT2D eigenvalue weighted by atomic mass is 79.9. The van der Waals surface area contributed by atoms with Crippen LogP contribution in [-0.2, 0) is 0 Å². The predicted molar refractivity (Wildman–Crippen MR) is 52.9 cm³/mol. The second-order valence-electron chi connectivity index (χ2n) is 2.38. The van der Waals surface area contributed by atoms with Crippen molar-refractivity contribution in [3.63, 3.8) is 0 Å². The lowest BCUT2D eigenvalue weighted by Gasteiger charge is -1.97. The van der Waals surface area contributed by atoms with E-state index in [0.717, 1.165) is 4.47 Å². The fourth-order valence-electron chi connectivity index (χ4n) is 0.973. The minimum absolute atomic E-state index is 0.211. The molecule has 0 spiro atoms. The molecule has 0 saturated heterocycles. The number of nitrogens with zero attached hydrogens (tertiary/aromatic N) is 2. The second-order valence-corrected chi connectivity index (χ2v) is 3.67. The van der Waals surface area contributed by atoms with Crippen LogP contribution in [0.1, 0.15) is 0 Å². The van der Waals surface area contributed by atoms with Crippen molar-refractivity contribution in [1.29, 1.82) is 0 Å². The summed E-state index contributed by atoms with van der Waals surface area (Å²) in [5.74, 6) is 0. The average Bonchev–Trinajstić information content (AvgIpc) is 2.02. The van der Waals surface area contributed by atoms with Crippen LogP contribution in [0.5, 0.6) is 0 Å². The zero-order valence-electron chi connectivity index (χ0n) is 6.21. The van der Waals surface area contributed by atoms with E-state index in [1.165, 1.54) is 0 Å². The van der Waals surface area contributed by atoms with Gasteiger partial charge in [0.15, 0.2) is 0 Å². The Hall–Kier alpha value is -0.940. The third-order valence-corrected chi connectivity index (χ3v) is 2.19. The molecule has 1 N–H and O–H groups in total. The summed E-state index contributed by atoms with van der Waals surface area (Å²) in [6, 6.07) is 1.68. The van der Waals surface area contributed by atoms with Crippen LogP contribution in [0, 0.1) is 0 Å².